The van der Waals surface area contributed by atoms with E-state index in [0.717, 1.165) is 70.6 Å². The van der Waals surface area contributed by atoms with Gasteiger partial charge in [-0.3, -0.25) is 4.79 Å². The van der Waals surface area contributed by atoms with Crippen LogP contribution in [-0.4, -0.2) is 50.3 Å². The van der Waals surface area contributed by atoms with Crippen molar-refractivity contribution >= 4 is 5.91 Å². The number of rotatable bonds is 4. The lowest BCUT2D eigenvalue weighted by molar-refractivity contribution is -0.0176. The van der Waals surface area contributed by atoms with E-state index in [1.807, 2.05) is 23.1 Å². The van der Waals surface area contributed by atoms with Crippen LogP contribution in [0.3, 0.4) is 0 Å². The minimum absolute atomic E-state index is 0.0903. The second-order valence-electron chi connectivity index (χ2n) is 8.29. The minimum atomic E-state index is 0.0903. The van der Waals surface area contributed by atoms with E-state index in [1.165, 1.54) is 12.8 Å². The lowest BCUT2D eigenvalue weighted by Crippen LogP contribution is -2.45. The number of amides is 1. The fourth-order valence-electron chi connectivity index (χ4n) is 4.75. The molecule has 2 aliphatic heterocycles. The molecule has 5 nitrogen and oxygen atoms in total. The zero-order valence-electron chi connectivity index (χ0n) is 16.4. The molecule has 4 rings (SSSR count). The molecule has 5 heteroatoms. The van der Waals surface area contributed by atoms with Crippen molar-refractivity contribution in [2.45, 2.75) is 57.5 Å². The Hall–Kier alpha value is -1.75. The Bertz CT molecular complexity index is 652. The van der Waals surface area contributed by atoms with Crippen LogP contribution in [0.4, 0.5) is 0 Å². The van der Waals surface area contributed by atoms with Crippen molar-refractivity contribution in [1.82, 2.24) is 4.90 Å². The SMILES string of the molecule is COc1ccc(C(=O)N2CCC3(CCOCC3)CC2)c(OC2CCCC2)c1. The van der Waals surface area contributed by atoms with Crippen LogP contribution in [0.2, 0.25) is 0 Å². The van der Waals surface area contributed by atoms with E-state index in [9.17, 15) is 4.79 Å². The van der Waals surface area contributed by atoms with Gasteiger partial charge in [-0.25, -0.2) is 0 Å². The molecule has 148 valence electrons. The third-order valence-corrected chi connectivity index (χ3v) is 6.68. The number of hydrogen-bond acceptors (Lipinski definition) is 4. The van der Waals surface area contributed by atoms with Gasteiger partial charge < -0.3 is 19.1 Å². The number of carbonyl (C=O) groups excluding carboxylic acids is 1. The highest BCUT2D eigenvalue weighted by Gasteiger charge is 2.37. The summed E-state index contributed by atoms with van der Waals surface area (Å²) in [7, 11) is 1.65. The van der Waals surface area contributed by atoms with E-state index in [-0.39, 0.29) is 12.0 Å². The molecule has 27 heavy (non-hydrogen) atoms. The molecule has 1 amide bonds. The molecule has 1 saturated carbocycles. The molecule has 0 atom stereocenters. The van der Waals surface area contributed by atoms with Gasteiger partial charge in [-0.05, 0) is 68.9 Å². The van der Waals surface area contributed by atoms with Gasteiger partial charge in [0, 0.05) is 32.4 Å². The summed E-state index contributed by atoms with van der Waals surface area (Å²) in [6.45, 7) is 3.39. The van der Waals surface area contributed by atoms with Gasteiger partial charge in [-0.1, -0.05) is 0 Å². The maximum Gasteiger partial charge on any atom is 0.257 e. The summed E-state index contributed by atoms with van der Waals surface area (Å²) in [6.07, 6.45) is 9.19. The number of carbonyl (C=O) groups is 1. The molecule has 1 aromatic rings. The summed E-state index contributed by atoms with van der Waals surface area (Å²) >= 11 is 0. The van der Waals surface area contributed by atoms with E-state index in [1.54, 1.807) is 7.11 Å². The van der Waals surface area contributed by atoms with Crippen LogP contribution in [0, 0.1) is 5.41 Å². The maximum atomic E-state index is 13.2. The number of hydrogen-bond donors (Lipinski definition) is 0. The molecule has 0 radical (unpaired) electrons. The first kappa shape index (κ1) is 18.6. The lowest BCUT2D eigenvalue weighted by atomic mass is 9.72. The first-order chi connectivity index (χ1) is 13.2. The van der Waals surface area contributed by atoms with Crippen LogP contribution in [0.15, 0.2) is 18.2 Å². The quantitative estimate of drug-likeness (QED) is 0.799. The van der Waals surface area contributed by atoms with Crippen LogP contribution in [0.25, 0.3) is 0 Å². The first-order valence-electron chi connectivity index (χ1n) is 10.4. The van der Waals surface area contributed by atoms with E-state index in [4.69, 9.17) is 14.2 Å². The van der Waals surface area contributed by atoms with E-state index < -0.39 is 0 Å². The van der Waals surface area contributed by atoms with Crippen LogP contribution >= 0.6 is 0 Å². The third-order valence-electron chi connectivity index (χ3n) is 6.68. The smallest absolute Gasteiger partial charge is 0.257 e. The van der Waals surface area contributed by atoms with Crippen LogP contribution in [-0.2, 0) is 4.74 Å². The van der Waals surface area contributed by atoms with Crippen LogP contribution < -0.4 is 9.47 Å². The summed E-state index contributed by atoms with van der Waals surface area (Å²) in [5.74, 6) is 1.50. The molecule has 3 aliphatic rings. The normalized spacial score (nSPS) is 22.8. The van der Waals surface area contributed by atoms with Crippen LogP contribution in [0.5, 0.6) is 11.5 Å². The zero-order chi connectivity index (χ0) is 18.7. The van der Waals surface area contributed by atoms with Gasteiger partial charge in [0.1, 0.15) is 11.5 Å². The Balaban J connectivity index is 1.47. The number of methoxy groups -OCH3 is 1. The fourth-order valence-corrected chi connectivity index (χ4v) is 4.75. The van der Waals surface area contributed by atoms with Crippen LogP contribution in [0.1, 0.15) is 61.7 Å². The number of benzene rings is 1. The minimum Gasteiger partial charge on any atom is -0.497 e. The third kappa shape index (κ3) is 4.08. The van der Waals surface area contributed by atoms with E-state index >= 15 is 0 Å². The summed E-state index contributed by atoms with van der Waals surface area (Å²) in [4.78, 5) is 15.2. The molecule has 2 saturated heterocycles. The Labute approximate surface area is 162 Å². The van der Waals surface area contributed by atoms with E-state index in [2.05, 4.69) is 0 Å². The fraction of sp³-hybridized carbons (Fsp3) is 0.682. The van der Waals surface area contributed by atoms with Crippen molar-refractivity contribution in [1.29, 1.82) is 0 Å². The monoisotopic (exact) mass is 373 g/mol. The average Bonchev–Trinajstić information content (AvgIpc) is 3.22. The highest BCUT2D eigenvalue weighted by Crippen LogP contribution is 2.41. The Morgan fingerprint density at radius 3 is 2.48 bits per heavy atom. The molecule has 1 aromatic carbocycles. The Morgan fingerprint density at radius 2 is 1.81 bits per heavy atom. The molecule has 1 spiro atoms. The summed E-state index contributed by atoms with van der Waals surface area (Å²) in [6, 6.07) is 5.60. The Morgan fingerprint density at radius 1 is 1.11 bits per heavy atom. The topological polar surface area (TPSA) is 48.0 Å². The molecule has 0 aromatic heterocycles. The van der Waals surface area contributed by atoms with Gasteiger partial charge >= 0.3 is 0 Å². The predicted molar refractivity (Wildman–Crippen MR) is 104 cm³/mol. The second kappa shape index (κ2) is 8.09. The van der Waals surface area contributed by atoms with Gasteiger partial charge in [0.2, 0.25) is 0 Å². The standard InChI is InChI=1S/C22H31NO4/c1-25-18-6-7-19(20(16-18)27-17-4-2-3-5-17)21(24)23-12-8-22(9-13-23)10-14-26-15-11-22/h6-7,16-17H,2-5,8-15H2,1H3. The summed E-state index contributed by atoms with van der Waals surface area (Å²) in [5, 5.41) is 0. The van der Waals surface area contributed by atoms with Crippen molar-refractivity contribution in [2.24, 2.45) is 5.41 Å². The predicted octanol–water partition coefficient (Wildman–Crippen LogP) is 4.05. The van der Waals surface area contributed by atoms with Gasteiger partial charge in [0.05, 0.1) is 18.8 Å². The highest BCUT2D eigenvalue weighted by atomic mass is 16.5. The van der Waals surface area contributed by atoms with E-state index in [0.29, 0.717) is 16.7 Å². The second-order valence-corrected chi connectivity index (χ2v) is 8.29. The van der Waals surface area contributed by atoms with Gasteiger partial charge in [0.25, 0.3) is 5.91 Å². The molecular weight excluding hydrogens is 342 g/mol. The number of likely N-dealkylation sites (tertiary alicyclic amines) is 1. The average molecular weight is 373 g/mol. The lowest BCUT2D eigenvalue weighted by Gasteiger charge is -2.44. The molecule has 0 unspecified atom stereocenters. The van der Waals surface area contributed by atoms with Gasteiger partial charge in [0.15, 0.2) is 0 Å². The summed E-state index contributed by atoms with van der Waals surface area (Å²) in [5.41, 5.74) is 1.06. The molecule has 0 bridgehead atoms. The maximum absolute atomic E-state index is 13.2. The Kier molecular flexibility index (Phi) is 5.58. The van der Waals surface area contributed by atoms with Gasteiger partial charge in [-0.15, -0.1) is 0 Å². The van der Waals surface area contributed by atoms with Gasteiger partial charge in [-0.2, -0.15) is 0 Å². The number of piperidine rings is 1. The molecule has 0 N–H and O–H groups in total. The summed E-state index contributed by atoms with van der Waals surface area (Å²) < 4.78 is 17.1. The largest absolute Gasteiger partial charge is 0.497 e. The van der Waals surface area contributed by atoms with Crippen molar-refractivity contribution in [3.63, 3.8) is 0 Å². The van der Waals surface area contributed by atoms with Crippen molar-refractivity contribution in [2.75, 3.05) is 33.4 Å². The molecule has 3 fully saturated rings. The first-order valence-corrected chi connectivity index (χ1v) is 10.4. The molecule has 1 aliphatic carbocycles. The van der Waals surface area contributed by atoms with Crippen molar-refractivity contribution < 1.29 is 19.0 Å². The number of ether oxygens (including phenoxy) is 3. The van der Waals surface area contributed by atoms with Crippen molar-refractivity contribution in [3.8, 4) is 11.5 Å². The van der Waals surface area contributed by atoms with Crippen molar-refractivity contribution in [3.05, 3.63) is 23.8 Å². The number of nitrogens with zero attached hydrogens (tertiary/aromatic N) is 1. The zero-order valence-corrected chi connectivity index (χ0v) is 16.4. The highest BCUT2D eigenvalue weighted by molar-refractivity contribution is 5.97. The molecular formula is C22H31NO4. The molecule has 2 heterocycles.